The van der Waals surface area contributed by atoms with Gasteiger partial charge in [-0.3, -0.25) is 4.79 Å². The van der Waals surface area contributed by atoms with Gasteiger partial charge in [0.05, 0.1) is 18.4 Å². The first kappa shape index (κ1) is 17.4. The molecule has 0 N–H and O–H groups in total. The van der Waals surface area contributed by atoms with Crippen LogP contribution < -0.4 is 0 Å². The van der Waals surface area contributed by atoms with Crippen molar-refractivity contribution in [2.75, 3.05) is 6.61 Å². The summed E-state index contributed by atoms with van der Waals surface area (Å²) in [6.45, 7) is 0.235. The molecule has 4 rings (SSSR count). The molecular formula is C17H13F3N2O3S. The molecule has 3 heterocycles. The SMILES string of the molecule is O=C1C[C@H](Sc2nc(-c3ccccc3)cc(C(F)(F)F)n2)[C@@H]2CO[C@H]1O2. The third kappa shape index (κ3) is 3.46. The number of ketones is 1. The molecule has 136 valence electrons. The van der Waals surface area contributed by atoms with Gasteiger partial charge in [-0.2, -0.15) is 13.2 Å². The highest BCUT2D eigenvalue weighted by atomic mass is 32.2. The second kappa shape index (κ2) is 6.64. The van der Waals surface area contributed by atoms with Crippen molar-refractivity contribution in [2.24, 2.45) is 0 Å². The zero-order valence-corrected chi connectivity index (χ0v) is 14.1. The molecule has 1 aromatic heterocycles. The van der Waals surface area contributed by atoms with Crippen molar-refractivity contribution in [2.45, 2.75) is 35.4 Å². The number of ether oxygens (including phenoxy) is 2. The van der Waals surface area contributed by atoms with Crippen LogP contribution in [0.2, 0.25) is 0 Å². The van der Waals surface area contributed by atoms with Crippen molar-refractivity contribution >= 4 is 17.5 Å². The van der Waals surface area contributed by atoms with Gasteiger partial charge < -0.3 is 9.47 Å². The average molecular weight is 382 g/mol. The van der Waals surface area contributed by atoms with E-state index >= 15 is 0 Å². The Bertz CT molecular complexity index is 832. The number of halogens is 3. The number of aromatic nitrogens is 2. The summed E-state index contributed by atoms with van der Waals surface area (Å²) >= 11 is 1.02. The quantitative estimate of drug-likeness (QED) is 0.759. The Morgan fingerprint density at radius 3 is 2.65 bits per heavy atom. The van der Waals surface area contributed by atoms with Gasteiger partial charge in [0.1, 0.15) is 5.69 Å². The Morgan fingerprint density at radius 2 is 1.92 bits per heavy atom. The number of carbonyl (C=O) groups excluding carboxylic acids is 1. The summed E-state index contributed by atoms with van der Waals surface area (Å²) in [6, 6.07) is 9.50. The maximum atomic E-state index is 13.3. The molecular weight excluding hydrogens is 369 g/mol. The lowest BCUT2D eigenvalue weighted by Gasteiger charge is -2.25. The summed E-state index contributed by atoms with van der Waals surface area (Å²) in [5.41, 5.74) is -0.279. The van der Waals surface area contributed by atoms with Crippen molar-refractivity contribution in [3.8, 4) is 11.3 Å². The minimum Gasteiger partial charge on any atom is -0.343 e. The third-order valence-corrected chi connectivity index (χ3v) is 5.28. The van der Waals surface area contributed by atoms with Crippen LogP contribution in [0, 0.1) is 0 Å². The largest absolute Gasteiger partial charge is 0.433 e. The van der Waals surface area contributed by atoms with Gasteiger partial charge in [0, 0.05) is 17.2 Å². The lowest BCUT2D eigenvalue weighted by atomic mass is 10.1. The maximum absolute atomic E-state index is 13.3. The van der Waals surface area contributed by atoms with Gasteiger partial charge in [0.2, 0.25) is 6.29 Å². The van der Waals surface area contributed by atoms with E-state index in [-0.39, 0.29) is 41.0 Å². The molecule has 0 aliphatic carbocycles. The molecule has 1 aromatic carbocycles. The van der Waals surface area contributed by atoms with Crippen LogP contribution in [-0.4, -0.2) is 40.0 Å². The zero-order chi connectivity index (χ0) is 18.3. The monoisotopic (exact) mass is 382 g/mol. The topological polar surface area (TPSA) is 61.3 Å². The van der Waals surface area contributed by atoms with Crippen LogP contribution in [0.1, 0.15) is 12.1 Å². The van der Waals surface area contributed by atoms with Crippen molar-refractivity contribution < 1.29 is 27.4 Å². The first-order chi connectivity index (χ1) is 12.4. The van der Waals surface area contributed by atoms with Gasteiger partial charge in [-0.1, -0.05) is 42.1 Å². The van der Waals surface area contributed by atoms with E-state index in [4.69, 9.17) is 9.47 Å². The van der Waals surface area contributed by atoms with Crippen molar-refractivity contribution in [1.82, 2.24) is 9.97 Å². The molecule has 9 heteroatoms. The van der Waals surface area contributed by atoms with Crippen LogP contribution in [0.25, 0.3) is 11.3 Å². The molecule has 3 atom stereocenters. The number of alkyl halides is 3. The van der Waals surface area contributed by atoms with E-state index in [1.54, 1.807) is 30.3 Å². The molecule has 26 heavy (non-hydrogen) atoms. The van der Waals surface area contributed by atoms with Crippen LogP contribution in [0.15, 0.2) is 41.6 Å². The maximum Gasteiger partial charge on any atom is 0.433 e. The summed E-state index contributed by atoms with van der Waals surface area (Å²) in [5, 5.41) is -0.418. The van der Waals surface area contributed by atoms with Gasteiger partial charge in [0.25, 0.3) is 0 Å². The fourth-order valence-corrected chi connectivity index (χ4v) is 3.96. The highest BCUT2D eigenvalue weighted by molar-refractivity contribution is 7.99. The molecule has 0 unspecified atom stereocenters. The second-order valence-electron chi connectivity index (χ2n) is 5.95. The molecule has 2 aromatic rings. The lowest BCUT2D eigenvalue weighted by Crippen LogP contribution is -2.37. The van der Waals surface area contributed by atoms with Crippen LogP contribution in [0.5, 0.6) is 0 Å². The number of nitrogens with zero attached hydrogens (tertiary/aromatic N) is 2. The number of hydrogen-bond acceptors (Lipinski definition) is 6. The molecule has 0 amide bonds. The van der Waals surface area contributed by atoms with E-state index in [9.17, 15) is 18.0 Å². The molecule has 0 saturated carbocycles. The standard InChI is InChI=1S/C17H13F3N2O3S/c18-17(19,20)14-6-10(9-4-2-1-3-5-9)21-16(22-14)26-13-7-11(23)15-24-8-12(13)25-15/h1-6,12-13,15H,7-8H2/t12-,13-,15-/m0/s1. The van der Waals surface area contributed by atoms with Crippen LogP contribution in [-0.2, 0) is 20.4 Å². The van der Waals surface area contributed by atoms with Crippen molar-refractivity contribution in [3.63, 3.8) is 0 Å². The van der Waals surface area contributed by atoms with Crippen molar-refractivity contribution in [3.05, 3.63) is 42.1 Å². The smallest absolute Gasteiger partial charge is 0.343 e. The molecule has 0 spiro atoms. The number of benzene rings is 1. The Balaban J connectivity index is 1.68. The fraction of sp³-hybridized carbons (Fsp3) is 0.353. The first-order valence-electron chi connectivity index (χ1n) is 7.88. The van der Waals surface area contributed by atoms with E-state index in [0.717, 1.165) is 17.8 Å². The molecule has 2 fully saturated rings. The average Bonchev–Trinajstić information content (AvgIpc) is 3.06. The van der Waals surface area contributed by atoms with E-state index < -0.39 is 18.2 Å². The minimum atomic E-state index is -4.60. The first-order valence-corrected chi connectivity index (χ1v) is 8.76. The molecule has 0 radical (unpaired) electrons. The second-order valence-corrected chi connectivity index (χ2v) is 7.16. The number of thioether (sulfide) groups is 1. The van der Waals surface area contributed by atoms with Gasteiger partial charge >= 0.3 is 6.18 Å². The normalized spacial score (nSPS) is 25.5. The molecule has 2 aliphatic heterocycles. The summed E-state index contributed by atoms with van der Waals surface area (Å²) in [7, 11) is 0. The number of carbonyl (C=O) groups is 1. The molecule has 5 nitrogen and oxygen atoms in total. The predicted octanol–water partition coefficient (Wildman–Crippen LogP) is 3.34. The van der Waals surface area contributed by atoms with Crippen LogP contribution in [0.3, 0.4) is 0 Å². The number of Topliss-reactive ketones (excluding diaryl/α,β-unsaturated/α-hetero) is 1. The van der Waals surface area contributed by atoms with Gasteiger partial charge in [-0.25, -0.2) is 9.97 Å². The molecule has 2 saturated heterocycles. The number of rotatable bonds is 3. The minimum absolute atomic E-state index is 0.0366. The van der Waals surface area contributed by atoms with E-state index in [1.165, 1.54) is 0 Å². The Hall–Kier alpha value is -1.97. The Morgan fingerprint density at radius 1 is 1.15 bits per heavy atom. The third-order valence-electron chi connectivity index (χ3n) is 4.11. The molecule has 2 aliphatic rings. The number of fused-ring (bicyclic) bond motifs is 2. The zero-order valence-electron chi connectivity index (χ0n) is 13.3. The lowest BCUT2D eigenvalue weighted by molar-refractivity contribution is -0.151. The molecule has 2 bridgehead atoms. The van der Waals surface area contributed by atoms with E-state index in [0.29, 0.717) is 5.56 Å². The van der Waals surface area contributed by atoms with Crippen molar-refractivity contribution in [1.29, 1.82) is 0 Å². The van der Waals surface area contributed by atoms with E-state index in [2.05, 4.69) is 9.97 Å². The summed E-state index contributed by atoms with van der Waals surface area (Å²) < 4.78 is 50.4. The number of hydrogen-bond donors (Lipinski definition) is 0. The highest BCUT2D eigenvalue weighted by Crippen LogP contribution is 2.37. The van der Waals surface area contributed by atoms with E-state index in [1.807, 2.05) is 0 Å². The highest BCUT2D eigenvalue weighted by Gasteiger charge is 2.44. The van der Waals surface area contributed by atoms with Gasteiger partial charge in [0.15, 0.2) is 10.9 Å². The van der Waals surface area contributed by atoms with Crippen LogP contribution >= 0.6 is 11.8 Å². The Labute approximate surface area is 150 Å². The summed E-state index contributed by atoms with van der Waals surface area (Å²) in [4.78, 5) is 19.8. The van der Waals surface area contributed by atoms with Gasteiger partial charge in [-0.05, 0) is 6.07 Å². The fourth-order valence-electron chi connectivity index (χ4n) is 2.84. The summed E-state index contributed by atoms with van der Waals surface area (Å²) in [5.74, 6) is -0.216. The summed E-state index contributed by atoms with van der Waals surface area (Å²) in [6.07, 6.45) is -5.65. The Kier molecular flexibility index (Phi) is 4.45. The van der Waals surface area contributed by atoms with Crippen LogP contribution in [0.4, 0.5) is 13.2 Å². The predicted molar refractivity (Wildman–Crippen MR) is 86.4 cm³/mol. The van der Waals surface area contributed by atoms with Gasteiger partial charge in [-0.15, -0.1) is 0 Å².